The lowest BCUT2D eigenvalue weighted by Gasteiger charge is -2.15. The van der Waals surface area contributed by atoms with E-state index >= 15 is 0 Å². The molecule has 6 N–H and O–H groups in total. The number of rotatable bonds is 9. The normalized spacial score (nSPS) is 14.0. The Hall–Kier alpha value is -5.92. The second-order valence-corrected chi connectivity index (χ2v) is 10.5. The second-order valence-electron chi connectivity index (χ2n) is 10.5. The molecule has 44 heavy (non-hydrogen) atoms. The van der Waals surface area contributed by atoms with Crippen molar-refractivity contribution in [1.29, 1.82) is 0 Å². The molecule has 0 bridgehead atoms. The van der Waals surface area contributed by atoms with Gasteiger partial charge in [0.25, 0.3) is 28.4 Å². The Kier molecular flexibility index (Phi) is 7.09. The number of nitrogens with zero attached hydrogens (tertiary/aromatic N) is 4. The highest BCUT2D eigenvalue weighted by atomic mass is 16.4. The van der Waals surface area contributed by atoms with Crippen molar-refractivity contribution in [2.45, 2.75) is 38.9 Å². The maximum Gasteiger partial charge on any atom is 0.335 e. The maximum atomic E-state index is 13.3. The number of amides is 2. The van der Waals surface area contributed by atoms with Gasteiger partial charge in [-0.25, -0.2) is 9.78 Å². The molecule has 0 radical (unpaired) electrons. The van der Waals surface area contributed by atoms with Gasteiger partial charge in [0.2, 0.25) is 0 Å². The van der Waals surface area contributed by atoms with E-state index in [9.17, 15) is 29.1 Å². The zero-order chi connectivity index (χ0) is 31.1. The first-order valence-electron chi connectivity index (χ1n) is 13.7. The molecular formula is C30H26N8O6. The molecule has 2 heterocycles. The van der Waals surface area contributed by atoms with Crippen molar-refractivity contribution in [2.24, 2.45) is 0 Å². The molecular weight excluding hydrogens is 568 g/mol. The van der Waals surface area contributed by atoms with Crippen LogP contribution in [-0.4, -0.2) is 42.5 Å². The number of carboxylic acids is 1. The number of anilines is 2. The number of carboxylic acid groups (broad SMARTS) is 1. The van der Waals surface area contributed by atoms with Crippen molar-refractivity contribution in [2.75, 3.05) is 11.1 Å². The van der Waals surface area contributed by atoms with E-state index in [1.165, 1.54) is 16.9 Å². The summed E-state index contributed by atoms with van der Waals surface area (Å²) in [6.45, 7) is 2.16. The number of fused-ring (bicyclic) bond motifs is 2. The van der Waals surface area contributed by atoms with E-state index in [1.807, 2.05) is 18.2 Å². The average Bonchev–Trinajstić information content (AvgIpc) is 3.67. The largest absolute Gasteiger partial charge is 0.478 e. The molecule has 0 saturated carbocycles. The summed E-state index contributed by atoms with van der Waals surface area (Å²) in [5.41, 5.74) is 8.52. The van der Waals surface area contributed by atoms with Crippen LogP contribution in [0.4, 0.5) is 11.4 Å². The van der Waals surface area contributed by atoms with Gasteiger partial charge in [0.05, 0.1) is 11.6 Å². The monoisotopic (exact) mass is 594 g/mol. The summed E-state index contributed by atoms with van der Waals surface area (Å²) in [5, 5.41) is 22.2. The fourth-order valence-corrected chi connectivity index (χ4v) is 5.48. The molecule has 0 aliphatic heterocycles. The number of aromatic carboxylic acids is 1. The number of nitrogens with two attached hydrogens (primary N) is 1. The Morgan fingerprint density at radius 1 is 1.05 bits per heavy atom. The van der Waals surface area contributed by atoms with Gasteiger partial charge in [0.1, 0.15) is 29.1 Å². The molecule has 3 aromatic carbocycles. The summed E-state index contributed by atoms with van der Waals surface area (Å²) in [4.78, 5) is 69.4. The Morgan fingerprint density at radius 2 is 1.82 bits per heavy atom. The van der Waals surface area contributed by atoms with Crippen LogP contribution in [0, 0.1) is 6.92 Å². The minimum atomic E-state index is -0.997. The van der Waals surface area contributed by atoms with E-state index in [0.717, 1.165) is 22.3 Å². The lowest BCUT2D eigenvalue weighted by Crippen LogP contribution is -2.36. The highest BCUT2D eigenvalue weighted by molar-refractivity contribution is 5.98. The fraction of sp³-hybridized carbons (Fsp3) is 0.200. The third-order valence-electron chi connectivity index (χ3n) is 7.81. The van der Waals surface area contributed by atoms with Gasteiger partial charge in [-0.15, -0.1) is 0 Å². The first kappa shape index (κ1) is 28.2. The van der Waals surface area contributed by atoms with Crippen LogP contribution >= 0.6 is 0 Å². The molecule has 1 aliphatic rings. The van der Waals surface area contributed by atoms with Crippen molar-refractivity contribution in [3.63, 3.8) is 0 Å². The van der Waals surface area contributed by atoms with Crippen LogP contribution < -0.4 is 32.5 Å². The van der Waals surface area contributed by atoms with E-state index in [-0.39, 0.29) is 53.2 Å². The summed E-state index contributed by atoms with van der Waals surface area (Å²) in [6.07, 6.45) is 2.45. The lowest BCUT2D eigenvalue weighted by molar-refractivity contribution is 0.0695. The fourth-order valence-electron chi connectivity index (χ4n) is 5.48. The van der Waals surface area contributed by atoms with E-state index in [4.69, 9.17) is 5.73 Å². The Morgan fingerprint density at radius 3 is 2.57 bits per heavy atom. The molecule has 0 fully saturated rings. The number of nitrogens with one attached hydrogen (secondary N) is 3. The Balaban J connectivity index is 1.15. The minimum Gasteiger partial charge on any atom is -0.478 e. The van der Waals surface area contributed by atoms with Crippen molar-refractivity contribution in [3.8, 4) is 0 Å². The maximum absolute atomic E-state index is 13.3. The van der Waals surface area contributed by atoms with Crippen molar-refractivity contribution < 1.29 is 19.5 Å². The van der Waals surface area contributed by atoms with E-state index in [1.54, 1.807) is 25.1 Å². The first-order chi connectivity index (χ1) is 21.1. The number of hydrogen-bond acceptors (Lipinski definition) is 10. The molecule has 14 heteroatoms. The minimum absolute atomic E-state index is 0.0198. The van der Waals surface area contributed by atoms with Gasteiger partial charge in [0.15, 0.2) is 0 Å². The quantitative estimate of drug-likeness (QED) is 0.153. The molecule has 222 valence electrons. The topological polar surface area (TPSA) is 211 Å². The van der Waals surface area contributed by atoms with Gasteiger partial charge in [0, 0.05) is 19.2 Å². The zero-order valence-corrected chi connectivity index (χ0v) is 23.4. The summed E-state index contributed by atoms with van der Waals surface area (Å²) in [7, 11) is 0. The summed E-state index contributed by atoms with van der Waals surface area (Å²) in [6, 6.07) is 11.5. The number of hydrogen-bond donors (Lipinski definition) is 5. The molecule has 0 unspecified atom stereocenters. The number of benzene rings is 2. The summed E-state index contributed by atoms with van der Waals surface area (Å²) >= 11 is 0. The molecule has 2 aromatic heterocycles. The van der Waals surface area contributed by atoms with Crippen LogP contribution in [0.3, 0.4) is 0 Å². The molecule has 14 nitrogen and oxygen atoms in total. The molecule has 0 saturated heterocycles. The third kappa shape index (κ3) is 5.02. The third-order valence-corrected chi connectivity index (χ3v) is 7.81. The summed E-state index contributed by atoms with van der Waals surface area (Å²) in [5.74, 6) is -1.95. The predicted molar refractivity (Wildman–Crippen MR) is 158 cm³/mol. The molecule has 1 atom stereocenters. The van der Waals surface area contributed by atoms with Gasteiger partial charge in [-0.2, -0.15) is 14.6 Å². The van der Waals surface area contributed by atoms with Crippen molar-refractivity contribution >= 4 is 34.9 Å². The molecule has 2 amide bonds. The van der Waals surface area contributed by atoms with Gasteiger partial charge in [-0.3, -0.25) is 19.2 Å². The second kappa shape index (κ2) is 11.1. The SMILES string of the molecule is Cc1c(C(=O)O)ccc2c1CC[C@@H]2NC(=O)c1cc(C(=O)NCc2cccc(CNc3c(N)c(=O)c3=O)c2)n2ncnc2n1. The Bertz CT molecular complexity index is 2060. The highest BCUT2D eigenvalue weighted by Gasteiger charge is 2.28. The number of carbonyl (C=O) groups excluding carboxylic acids is 2. The van der Waals surface area contributed by atoms with E-state index < -0.39 is 28.6 Å². The Labute approximate surface area is 248 Å². The summed E-state index contributed by atoms with van der Waals surface area (Å²) < 4.78 is 1.24. The van der Waals surface area contributed by atoms with Crippen molar-refractivity contribution in [1.82, 2.24) is 30.2 Å². The standard InChI is InChI=1S/C30H26N8O6/c1-14-17-7-8-20(19(17)6-5-18(14)29(43)44)36-27(41)21-10-22(38-30(37-21)34-13-35-38)28(42)33-12-16-4-2-3-15(9-16)11-32-24-23(31)25(39)26(24)40/h2-6,9-10,13,20,32H,7-8,11-12,31H2,1H3,(H,33,42)(H,36,41)(H,43,44)/t20-/m0/s1. The van der Waals surface area contributed by atoms with E-state index in [2.05, 4.69) is 31.0 Å². The first-order valence-corrected chi connectivity index (χ1v) is 13.7. The van der Waals surface area contributed by atoms with Gasteiger partial charge < -0.3 is 26.8 Å². The van der Waals surface area contributed by atoms with Gasteiger partial charge in [-0.1, -0.05) is 30.3 Å². The zero-order valence-electron chi connectivity index (χ0n) is 23.4. The van der Waals surface area contributed by atoms with Gasteiger partial charge in [-0.05, 0) is 53.6 Å². The molecule has 6 rings (SSSR count). The molecule has 5 aromatic rings. The van der Waals surface area contributed by atoms with E-state index in [0.29, 0.717) is 18.4 Å². The average molecular weight is 595 g/mol. The number of aromatic nitrogens is 4. The van der Waals surface area contributed by atoms with Crippen LogP contribution in [0.5, 0.6) is 0 Å². The van der Waals surface area contributed by atoms with Crippen LogP contribution in [0.1, 0.15) is 71.6 Å². The molecule has 0 spiro atoms. The predicted octanol–water partition coefficient (Wildman–Crippen LogP) is 1.27. The van der Waals surface area contributed by atoms with Crippen LogP contribution in [0.25, 0.3) is 5.78 Å². The lowest BCUT2D eigenvalue weighted by atomic mass is 9.98. The number of carbonyl (C=O) groups is 3. The smallest absolute Gasteiger partial charge is 0.335 e. The van der Waals surface area contributed by atoms with Gasteiger partial charge >= 0.3 is 5.97 Å². The van der Waals surface area contributed by atoms with Crippen molar-refractivity contribution in [3.05, 3.63) is 114 Å². The number of nitrogen functional groups attached to an aromatic ring is 1. The van der Waals surface area contributed by atoms with Crippen LogP contribution in [0.2, 0.25) is 0 Å². The molecule has 1 aliphatic carbocycles. The highest BCUT2D eigenvalue weighted by Crippen LogP contribution is 2.34. The van der Waals surface area contributed by atoms with Crippen LogP contribution in [0.15, 0.2) is 58.4 Å². The van der Waals surface area contributed by atoms with Crippen LogP contribution in [-0.2, 0) is 19.5 Å².